The molecule has 0 saturated carbocycles. The summed E-state index contributed by atoms with van der Waals surface area (Å²) in [6.45, 7) is 0. The monoisotopic (exact) mass is 241 g/mol. The van der Waals surface area contributed by atoms with Gasteiger partial charge in [-0.05, 0) is 24.3 Å². The molecule has 0 aliphatic rings. The molecule has 0 aliphatic carbocycles. The minimum atomic E-state index is -1.06. The molecule has 5 heteroatoms. The van der Waals surface area contributed by atoms with Crippen LogP contribution in [0.15, 0.2) is 30.3 Å². The van der Waals surface area contributed by atoms with Crippen LogP contribution in [-0.4, -0.2) is 0 Å². The number of halogens is 4. The Kier molecular flexibility index (Phi) is 2.75. The molecule has 1 nitrogen and oxygen atoms in total. The number of hydrogen-bond donors (Lipinski definition) is 1. The highest BCUT2D eigenvalue weighted by molar-refractivity contribution is 5.69. The maximum absolute atomic E-state index is 13.6. The van der Waals surface area contributed by atoms with Crippen LogP contribution in [0.25, 0.3) is 11.1 Å². The van der Waals surface area contributed by atoms with Gasteiger partial charge < -0.3 is 5.73 Å². The summed E-state index contributed by atoms with van der Waals surface area (Å²) < 4.78 is 53.1. The number of rotatable bonds is 1. The fourth-order valence-electron chi connectivity index (χ4n) is 1.51. The largest absolute Gasteiger partial charge is 0.396 e. The van der Waals surface area contributed by atoms with E-state index in [0.717, 1.165) is 24.3 Å². The van der Waals surface area contributed by atoms with E-state index in [1.165, 1.54) is 0 Å². The first kappa shape index (κ1) is 11.4. The van der Waals surface area contributed by atoms with E-state index < -0.39 is 28.8 Å². The van der Waals surface area contributed by atoms with Crippen LogP contribution in [0.1, 0.15) is 0 Å². The molecule has 2 N–H and O–H groups in total. The molecule has 2 rings (SSSR count). The van der Waals surface area contributed by atoms with Crippen LogP contribution >= 0.6 is 0 Å². The molecule has 0 spiro atoms. The highest BCUT2D eigenvalue weighted by Crippen LogP contribution is 2.31. The summed E-state index contributed by atoms with van der Waals surface area (Å²) in [5.74, 6) is -3.89. The lowest BCUT2D eigenvalue weighted by Gasteiger charge is -2.08. The zero-order valence-corrected chi connectivity index (χ0v) is 8.48. The predicted molar refractivity (Wildman–Crippen MR) is 56.1 cm³/mol. The van der Waals surface area contributed by atoms with E-state index in [9.17, 15) is 17.6 Å². The van der Waals surface area contributed by atoms with Crippen molar-refractivity contribution in [2.24, 2.45) is 0 Å². The Balaban J connectivity index is 2.72. The molecule has 88 valence electrons. The lowest BCUT2D eigenvalue weighted by molar-refractivity contribution is 0.572. The van der Waals surface area contributed by atoms with E-state index >= 15 is 0 Å². The van der Waals surface area contributed by atoms with Crippen molar-refractivity contribution in [2.45, 2.75) is 0 Å². The summed E-state index contributed by atoms with van der Waals surface area (Å²) in [5.41, 5.74) is 4.01. The lowest BCUT2D eigenvalue weighted by Crippen LogP contribution is -1.98. The van der Waals surface area contributed by atoms with Gasteiger partial charge in [0.2, 0.25) is 0 Å². The SMILES string of the molecule is Nc1ccc(F)c(-c2ccc(F)cc2F)c1F. The van der Waals surface area contributed by atoms with Gasteiger partial charge in [-0.2, -0.15) is 0 Å². The van der Waals surface area contributed by atoms with E-state index in [2.05, 4.69) is 0 Å². The van der Waals surface area contributed by atoms with E-state index in [1.807, 2.05) is 0 Å². The molecule has 0 unspecified atom stereocenters. The van der Waals surface area contributed by atoms with Gasteiger partial charge >= 0.3 is 0 Å². The minimum absolute atomic E-state index is 0.301. The predicted octanol–water partition coefficient (Wildman–Crippen LogP) is 3.49. The van der Waals surface area contributed by atoms with Crippen LogP contribution in [0.3, 0.4) is 0 Å². The molecule has 0 aromatic heterocycles. The van der Waals surface area contributed by atoms with Gasteiger partial charge in [0.05, 0.1) is 11.3 Å². The van der Waals surface area contributed by atoms with Gasteiger partial charge in [-0.15, -0.1) is 0 Å². The highest BCUT2D eigenvalue weighted by Gasteiger charge is 2.17. The lowest BCUT2D eigenvalue weighted by atomic mass is 10.0. The van der Waals surface area contributed by atoms with Crippen molar-refractivity contribution in [3.63, 3.8) is 0 Å². The first-order valence-corrected chi connectivity index (χ1v) is 4.69. The highest BCUT2D eigenvalue weighted by atomic mass is 19.1. The molecule has 0 heterocycles. The quantitative estimate of drug-likeness (QED) is 0.600. The zero-order chi connectivity index (χ0) is 12.6. The summed E-state index contributed by atoms with van der Waals surface area (Å²) in [6, 6.07) is 4.40. The van der Waals surface area contributed by atoms with Crippen molar-refractivity contribution < 1.29 is 17.6 Å². The Morgan fingerprint density at radius 3 is 2.18 bits per heavy atom. The zero-order valence-electron chi connectivity index (χ0n) is 8.48. The van der Waals surface area contributed by atoms with Crippen LogP contribution in [0.2, 0.25) is 0 Å². The molecule has 2 aromatic carbocycles. The molecule has 0 saturated heterocycles. The van der Waals surface area contributed by atoms with E-state index in [4.69, 9.17) is 5.73 Å². The maximum atomic E-state index is 13.6. The van der Waals surface area contributed by atoms with Crippen molar-refractivity contribution in [3.8, 4) is 11.1 Å². The Labute approximate surface area is 94.5 Å². The van der Waals surface area contributed by atoms with Crippen molar-refractivity contribution in [2.75, 3.05) is 5.73 Å². The first-order valence-electron chi connectivity index (χ1n) is 4.69. The van der Waals surface area contributed by atoms with E-state index in [-0.39, 0.29) is 11.3 Å². The topological polar surface area (TPSA) is 26.0 Å². The van der Waals surface area contributed by atoms with Gasteiger partial charge in [-0.1, -0.05) is 0 Å². The van der Waals surface area contributed by atoms with E-state index in [1.54, 1.807) is 0 Å². The van der Waals surface area contributed by atoms with Gasteiger partial charge in [-0.3, -0.25) is 0 Å². The third kappa shape index (κ3) is 1.95. The van der Waals surface area contributed by atoms with Gasteiger partial charge in [0, 0.05) is 11.6 Å². The van der Waals surface area contributed by atoms with Crippen LogP contribution in [0.5, 0.6) is 0 Å². The summed E-state index contributed by atoms with van der Waals surface area (Å²) >= 11 is 0. The number of nitrogens with two attached hydrogens (primary N) is 1. The smallest absolute Gasteiger partial charge is 0.156 e. The molecule has 0 radical (unpaired) electrons. The molecular formula is C12H7F4N. The number of benzene rings is 2. The molecular weight excluding hydrogens is 234 g/mol. The third-order valence-corrected chi connectivity index (χ3v) is 2.32. The van der Waals surface area contributed by atoms with Crippen LogP contribution < -0.4 is 5.73 Å². The summed E-state index contributed by atoms with van der Waals surface area (Å²) in [6.07, 6.45) is 0. The molecule has 2 aromatic rings. The second-order valence-corrected chi connectivity index (χ2v) is 3.45. The Hall–Kier alpha value is -2.04. The van der Waals surface area contributed by atoms with Crippen molar-refractivity contribution >= 4 is 5.69 Å². The average Bonchev–Trinajstić information content (AvgIpc) is 2.27. The Bertz CT molecular complexity index is 581. The standard InChI is InChI=1S/C12H7F4N/c13-6-1-2-7(9(15)5-6)11-8(14)3-4-10(17)12(11)16/h1-5H,17H2. The van der Waals surface area contributed by atoms with Gasteiger partial charge in [0.25, 0.3) is 0 Å². The van der Waals surface area contributed by atoms with Gasteiger partial charge in [-0.25, -0.2) is 17.6 Å². The fourth-order valence-corrected chi connectivity index (χ4v) is 1.51. The van der Waals surface area contributed by atoms with Gasteiger partial charge in [0.1, 0.15) is 17.5 Å². The fraction of sp³-hybridized carbons (Fsp3) is 0. The van der Waals surface area contributed by atoms with Gasteiger partial charge in [0.15, 0.2) is 5.82 Å². The van der Waals surface area contributed by atoms with Crippen molar-refractivity contribution in [1.82, 2.24) is 0 Å². The first-order chi connectivity index (χ1) is 8.00. The number of hydrogen-bond acceptors (Lipinski definition) is 1. The summed E-state index contributed by atoms with van der Waals surface area (Å²) in [5, 5.41) is 0. The molecule has 0 bridgehead atoms. The second-order valence-electron chi connectivity index (χ2n) is 3.45. The normalized spacial score (nSPS) is 10.6. The third-order valence-electron chi connectivity index (χ3n) is 2.32. The molecule has 0 atom stereocenters. The number of nitrogen functional groups attached to an aromatic ring is 1. The second kappa shape index (κ2) is 4.08. The van der Waals surface area contributed by atoms with Crippen LogP contribution in [0, 0.1) is 23.3 Å². The summed E-state index contributed by atoms with van der Waals surface area (Å²) in [7, 11) is 0. The maximum Gasteiger partial charge on any atom is 0.156 e. The number of anilines is 1. The minimum Gasteiger partial charge on any atom is -0.396 e. The van der Waals surface area contributed by atoms with E-state index in [0.29, 0.717) is 6.07 Å². The van der Waals surface area contributed by atoms with Crippen molar-refractivity contribution in [3.05, 3.63) is 53.6 Å². The molecule has 0 fully saturated rings. The molecule has 0 amide bonds. The Morgan fingerprint density at radius 1 is 0.824 bits per heavy atom. The average molecular weight is 241 g/mol. The van der Waals surface area contributed by atoms with Crippen molar-refractivity contribution in [1.29, 1.82) is 0 Å². The van der Waals surface area contributed by atoms with Crippen LogP contribution in [0.4, 0.5) is 23.2 Å². The van der Waals surface area contributed by atoms with Crippen LogP contribution in [-0.2, 0) is 0 Å². The summed E-state index contributed by atoms with van der Waals surface area (Å²) in [4.78, 5) is 0. The molecule has 17 heavy (non-hydrogen) atoms. The Morgan fingerprint density at radius 2 is 1.53 bits per heavy atom. The molecule has 0 aliphatic heterocycles.